The van der Waals surface area contributed by atoms with Crippen molar-refractivity contribution in [1.29, 1.82) is 0 Å². The number of ether oxygens (including phenoxy) is 2. The van der Waals surface area contributed by atoms with E-state index in [0.717, 1.165) is 0 Å². The fourth-order valence-corrected chi connectivity index (χ4v) is 2.48. The SMILES string of the molecule is COCCS(=O)(=O)Nc1cc(C#CCCO)ccc1OC. The highest BCUT2D eigenvalue weighted by molar-refractivity contribution is 7.92. The van der Waals surface area contributed by atoms with Crippen molar-refractivity contribution in [2.24, 2.45) is 0 Å². The van der Waals surface area contributed by atoms with Gasteiger partial charge in [0.1, 0.15) is 5.75 Å². The third kappa shape index (κ3) is 6.04. The summed E-state index contributed by atoms with van der Waals surface area (Å²) in [7, 11) is -0.619. The van der Waals surface area contributed by atoms with Crippen LogP contribution in [0, 0.1) is 11.8 Å². The summed E-state index contributed by atoms with van der Waals surface area (Å²) < 4.78 is 36.1. The van der Waals surface area contributed by atoms with Crippen molar-refractivity contribution in [3.8, 4) is 17.6 Å². The second-order valence-corrected chi connectivity index (χ2v) is 5.95. The molecule has 7 heteroatoms. The van der Waals surface area contributed by atoms with Gasteiger partial charge < -0.3 is 14.6 Å². The third-order valence-corrected chi connectivity index (χ3v) is 3.73. The van der Waals surface area contributed by atoms with E-state index in [1.807, 2.05) is 0 Å². The number of methoxy groups -OCH3 is 2. The van der Waals surface area contributed by atoms with Gasteiger partial charge in [0.25, 0.3) is 0 Å². The van der Waals surface area contributed by atoms with Gasteiger partial charge in [-0.3, -0.25) is 4.72 Å². The van der Waals surface area contributed by atoms with Crippen molar-refractivity contribution < 1.29 is 23.0 Å². The van der Waals surface area contributed by atoms with Crippen LogP contribution in [0.5, 0.6) is 5.75 Å². The molecule has 1 rings (SSSR count). The molecule has 2 N–H and O–H groups in total. The lowest BCUT2D eigenvalue weighted by Gasteiger charge is -2.12. The summed E-state index contributed by atoms with van der Waals surface area (Å²) in [6.07, 6.45) is 0.362. The maximum atomic E-state index is 11.9. The van der Waals surface area contributed by atoms with Crippen molar-refractivity contribution in [1.82, 2.24) is 0 Å². The van der Waals surface area contributed by atoms with E-state index in [1.54, 1.807) is 18.2 Å². The summed E-state index contributed by atoms with van der Waals surface area (Å²) >= 11 is 0. The molecule has 0 aromatic heterocycles. The van der Waals surface area contributed by atoms with Crippen LogP contribution in [0.4, 0.5) is 5.69 Å². The number of hydrogen-bond donors (Lipinski definition) is 2. The number of aliphatic hydroxyl groups excluding tert-OH is 1. The minimum Gasteiger partial charge on any atom is -0.495 e. The number of sulfonamides is 1. The maximum Gasteiger partial charge on any atom is 0.235 e. The number of aliphatic hydroxyl groups is 1. The van der Waals surface area contributed by atoms with Crippen LogP contribution in [-0.4, -0.2) is 46.7 Å². The molecule has 0 amide bonds. The average Bonchev–Trinajstić information content (AvgIpc) is 2.45. The Kier molecular flexibility index (Phi) is 7.02. The molecule has 0 bridgehead atoms. The molecule has 0 fully saturated rings. The molecule has 21 heavy (non-hydrogen) atoms. The molecule has 0 atom stereocenters. The molecule has 0 radical (unpaired) electrons. The number of nitrogens with one attached hydrogen (secondary N) is 1. The fraction of sp³-hybridized carbons (Fsp3) is 0.429. The van der Waals surface area contributed by atoms with E-state index in [2.05, 4.69) is 16.6 Å². The van der Waals surface area contributed by atoms with E-state index in [4.69, 9.17) is 14.6 Å². The van der Waals surface area contributed by atoms with E-state index in [9.17, 15) is 8.42 Å². The van der Waals surface area contributed by atoms with Crippen molar-refractivity contribution in [2.45, 2.75) is 6.42 Å². The predicted molar refractivity (Wildman–Crippen MR) is 80.9 cm³/mol. The van der Waals surface area contributed by atoms with Gasteiger partial charge in [0.05, 0.1) is 31.8 Å². The van der Waals surface area contributed by atoms with Gasteiger partial charge in [-0.2, -0.15) is 0 Å². The first kappa shape index (κ1) is 17.3. The minimum atomic E-state index is -3.51. The van der Waals surface area contributed by atoms with Gasteiger partial charge in [0.2, 0.25) is 10.0 Å². The molecule has 0 aliphatic heterocycles. The first-order valence-corrected chi connectivity index (χ1v) is 7.95. The summed E-state index contributed by atoms with van der Waals surface area (Å²) in [5, 5.41) is 8.69. The van der Waals surface area contributed by atoms with Crippen LogP contribution in [0.15, 0.2) is 18.2 Å². The zero-order valence-corrected chi connectivity index (χ0v) is 12.9. The van der Waals surface area contributed by atoms with Crippen LogP contribution in [0.2, 0.25) is 0 Å². The lowest BCUT2D eigenvalue weighted by atomic mass is 10.2. The summed E-state index contributed by atoms with van der Waals surface area (Å²) in [4.78, 5) is 0. The van der Waals surface area contributed by atoms with Crippen molar-refractivity contribution >= 4 is 15.7 Å². The second-order valence-electron chi connectivity index (χ2n) is 4.10. The highest BCUT2D eigenvalue weighted by Gasteiger charge is 2.13. The van der Waals surface area contributed by atoms with E-state index in [1.165, 1.54) is 14.2 Å². The average molecular weight is 313 g/mol. The number of benzene rings is 1. The zero-order chi connectivity index (χ0) is 15.7. The number of rotatable bonds is 7. The third-order valence-electron chi connectivity index (χ3n) is 2.49. The standard InChI is InChI=1S/C14H19NO5S/c1-19-9-10-21(17,18)15-13-11-12(5-3-4-8-16)6-7-14(13)20-2/h6-7,11,15-16H,4,8-10H2,1-2H3. The zero-order valence-electron chi connectivity index (χ0n) is 12.0. The smallest absolute Gasteiger partial charge is 0.235 e. The minimum absolute atomic E-state index is 0.0142. The molecule has 1 aromatic rings. The molecule has 0 aliphatic rings. The van der Waals surface area contributed by atoms with Crippen molar-refractivity contribution in [3.05, 3.63) is 23.8 Å². The Morgan fingerprint density at radius 2 is 2.10 bits per heavy atom. The first-order valence-electron chi connectivity index (χ1n) is 6.29. The Balaban J connectivity index is 2.98. The fourth-order valence-electron chi connectivity index (χ4n) is 1.50. The second kappa shape index (κ2) is 8.52. The van der Waals surface area contributed by atoms with Gasteiger partial charge >= 0.3 is 0 Å². The molecule has 1 aromatic carbocycles. The molecule has 0 spiro atoms. The Hall–Kier alpha value is -1.75. The summed E-state index contributed by atoms with van der Waals surface area (Å²) in [6.45, 7) is 0.0906. The summed E-state index contributed by atoms with van der Waals surface area (Å²) in [5.74, 6) is 5.88. The lowest BCUT2D eigenvalue weighted by Crippen LogP contribution is -2.20. The number of anilines is 1. The van der Waals surface area contributed by atoms with E-state index >= 15 is 0 Å². The van der Waals surface area contributed by atoms with Crippen LogP contribution in [0.1, 0.15) is 12.0 Å². The number of hydrogen-bond acceptors (Lipinski definition) is 5. The van der Waals surface area contributed by atoms with E-state index in [0.29, 0.717) is 23.4 Å². The van der Waals surface area contributed by atoms with Gasteiger partial charge in [0.15, 0.2) is 0 Å². The predicted octanol–water partition coefficient (Wildman–Crippen LogP) is 0.817. The molecule has 6 nitrogen and oxygen atoms in total. The normalized spacial score (nSPS) is 10.6. The highest BCUT2D eigenvalue weighted by Crippen LogP contribution is 2.26. The lowest BCUT2D eigenvalue weighted by molar-refractivity contribution is 0.217. The Bertz CT molecular complexity index is 616. The van der Waals surface area contributed by atoms with Crippen molar-refractivity contribution in [3.63, 3.8) is 0 Å². The molecule has 0 aliphatic carbocycles. The van der Waals surface area contributed by atoms with Crippen molar-refractivity contribution in [2.75, 3.05) is 37.9 Å². The quantitative estimate of drug-likeness (QED) is 0.728. The Labute approximate surface area is 125 Å². The molecule has 0 heterocycles. The Morgan fingerprint density at radius 3 is 2.71 bits per heavy atom. The van der Waals surface area contributed by atoms with Gasteiger partial charge in [-0.15, -0.1) is 0 Å². The molecule has 116 valence electrons. The topological polar surface area (TPSA) is 84.9 Å². The van der Waals surface area contributed by atoms with Gasteiger partial charge in [-0.1, -0.05) is 11.8 Å². The molecule has 0 saturated heterocycles. The molecular weight excluding hydrogens is 294 g/mol. The molecule has 0 saturated carbocycles. The van der Waals surface area contributed by atoms with Crippen LogP contribution in [-0.2, 0) is 14.8 Å². The van der Waals surface area contributed by atoms with E-state index in [-0.39, 0.29) is 19.0 Å². The summed E-state index contributed by atoms with van der Waals surface area (Å²) in [5.41, 5.74) is 0.957. The van der Waals surface area contributed by atoms with Crippen LogP contribution >= 0.6 is 0 Å². The van der Waals surface area contributed by atoms with Gasteiger partial charge in [0, 0.05) is 19.1 Å². The first-order chi connectivity index (χ1) is 10.0. The van der Waals surface area contributed by atoms with Gasteiger partial charge in [-0.05, 0) is 18.2 Å². The molecule has 0 unspecified atom stereocenters. The molecular formula is C14H19NO5S. The van der Waals surface area contributed by atoms with E-state index < -0.39 is 10.0 Å². The van der Waals surface area contributed by atoms with Crippen LogP contribution < -0.4 is 9.46 Å². The highest BCUT2D eigenvalue weighted by atomic mass is 32.2. The van der Waals surface area contributed by atoms with Crippen LogP contribution in [0.3, 0.4) is 0 Å². The van der Waals surface area contributed by atoms with Crippen LogP contribution in [0.25, 0.3) is 0 Å². The Morgan fingerprint density at radius 1 is 1.33 bits per heavy atom. The largest absolute Gasteiger partial charge is 0.495 e. The van der Waals surface area contributed by atoms with Gasteiger partial charge in [-0.25, -0.2) is 8.42 Å². The maximum absolute atomic E-state index is 11.9. The monoisotopic (exact) mass is 313 g/mol. The summed E-state index contributed by atoms with van der Waals surface area (Å²) in [6, 6.07) is 4.95.